The van der Waals surface area contributed by atoms with E-state index in [0.717, 1.165) is 18.8 Å². The minimum absolute atomic E-state index is 0.850. The molecule has 0 fully saturated rings. The van der Waals surface area contributed by atoms with E-state index < -0.39 is 8.07 Å². The Balaban J connectivity index is 1.83. The topological polar surface area (TPSA) is 9.23 Å². The highest BCUT2D eigenvalue weighted by molar-refractivity contribution is 6.76. The summed E-state index contributed by atoms with van der Waals surface area (Å²) in [5, 5.41) is 0. The van der Waals surface area contributed by atoms with Gasteiger partial charge in [-0.05, 0) is 28.8 Å². The highest BCUT2D eigenvalue weighted by Crippen LogP contribution is 2.40. The molecule has 0 spiro atoms. The SMILES string of the molecule is C[Si](C)(C)CCOc1cccc2c1Cc1ccccc1-2. The van der Waals surface area contributed by atoms with Crippen molar-refractivity contribution < 1.29 is 4.74 Å². The average molecular weight is 282 g/mol. The molecule has 0 unspecified atom stereocenters. The molecule has 0 saturated carbocycles. The van der Waals surface area contributed by atoms with Gasteiger partial charge in [0.1, 0.15) is 5.75 Å². The lowest BCUT2D eigenvalue weighted by Crippen LogP contribution is -2.22. The maximum Gasteiger partial charge on any atom is 0.123 e. The summed E-state index contributed by atoms with van der Waals surface area (Å²) < 4.78 is 6.09. The molecule has 20 heavy (non-hydrogen) atoms. The van der Waals surface area contributed by atoms with E-state index in [1.165, 1.54) is 28.3 Å². The first kappa shape index (κ1) is 13.4. The van der Waals surface area contributed by atoms with Crippen LogP contribution in [0.4, 0.5) is 0 Å². The van der Waals surface area contributed by atoms with Crippen LogP contribution in [0.25, 0.3) is 11.1 Å². The van der Waals surface area contributed by atoms with Gasteiger partial charge in [-0.3, -0.25) is 0 Å². The minimum Gasteiger partial charge on any atom is -0.494 e. The van der Waals surface area contributed by atoms with Gasteiger partial charge in [0, 0.05) is 20.1 Å². The van der Waals surface area contributed by atoms with Gasteiger partial charge in [-0.2, -0.15) is 0 Å². The molecule has 3 rings (SSSR count). The summed E-state index contributed by atoms with van der Waals surface area (Å²) >= 11 is 0. The van der Waals surface area contributed by atoms with Crippen molar-refractivity contribution in [2.45, 2.75) is 32.1 Å². The molecule has 0 aromatic heterocycles. The van der Waals surface area contributed by atoms with Crippen molar-refractivity contribution in [2.24, 2.45) is 0 Å². The molecule has 0 radical (unpaired) electrons. The van der Waals surface area contributed by atoms with E-state index >= 15 is 0 Å². The standard InChI is InChI=1S/C18H22OSi/c1-20(2,3)12-11-19-18-10-6-9-16-15-8-5-4-7-14(15)13-17(16)18/h4-10H,11-13H2,1-3H3. The summed E-state index contributed by atoms with van der Waals surface area (Å²) in [6.07, 6.45) is 1.01. The molecule has 0 atom stereocenters. The number of benzene rings is 2. The van der Waals surface area contributed by atoms with Crippen LogP contribution in [0.5, 0.6) is 5.75 Å². The van der Waals surface area contributed by atoms with Crippen LogP contribution >= 0.6 is 0 Å². The van der Waals surface area contributed by atoms with Crippen LogP contribution < -0.4 is 4.74 Å². The molecule has 0 heterocycles. The Morgan fingerprint density at radius 3 is 2.50 bits per heavy atom. The average Bonchev–Trinajstić information content (AvgIpc) is 2.77. The Kier molecular flexibility index (Phi) is 3.43. The Morgan fingerprint density at radius 1 is 0.950 bits per heavy atom. The number of fused-ring (bicyclic) bond motifs is 3. The van der Waals surface area contributed by atoms with Crippen molar-refractivity contribution in [3.63, 3.8) is 0 Å². The molecule has 2 aromatic rings. The van der Waals surface area contributed by atoms with Crippen molar-refractivity contribution in [2.75, 3.05) is 6.61 Å². The minimum atomic E-state index is -1.03. The number of hydrogen-bond donors (Lipinski definition) is 0. The third kappa shape index (κ3) is 2.66. The first-order valence-corrected chi connectivity index (χ1v) is 11.1. The number of rotatable bonds is 4. The molecular weight excluding hydrogens is 260 g/mol. The van der Waals surface area contributed by atoms with Crippen LogP contribution in [-0.2, 0) is 6.42 Å². The molecule has 0 saturated heterocycles. The fraction of sp³-hybridized carbons (Fsp3) is 0.333. The van der Waals surface area contributed by atoms with Crippen LogP contribution in [-0.4, -0.2) is 14.7 Å². The monoisotopic (exact) mass is 282 g/mol. The largest absolute Gasteiger partial charge is 0.494 e. The Labute approximate surface area is 122 Å². The third-order valence-electron chi connectivity index (χ3n) is 3.92. The fourth-order valence-electron chi connectivity index (χ4n) is 2.73. The molecule has 1 aliphatic carbocycles. The molecule has 0 bridgehead atoms. The van der Waals surface area contributed by atoms with E-state index in [0.29, 0.717) is 0 Å². The van der Waals surface area contributed by atoms with Gasteiger partial charge in [-0.1, -0.05) is 56.0 Å². The van der Waals surface area contributed by atoms with Gasteiger partial charge in [0.15, 0.2) is 0 Å². The van der Waals surface area contributed by atoms with Gasteiger partial charge < -0.3 is 4.74 Å². The first-order chi connectivity index (χ1) is 9.54. The second kappa shape index (κ2) is 5.10. The normalized spacial score (nSPS) is 12.9. The first-order valence-electron chi connectivity index (χ1n) is 7.37. The smallest absolute Gasteiger partial charge is 0.123 e. The van der Waals surface area contributed by atoms with E-state index in [2.05, 4.69) is 62.1 Å². The molecular formula is C18H22OSi. The van der Waals surface area contributed by atoms with Crippen LogP contribution in [0, 0.1) is 0 Å². The summed E-state index contributed by atoms with van der Waals surface area (Å²) in [5.41, 5.74) is 5.51. The molecule has 2 heteroatoms. The van der Waals surface area contributed by atoms with Crippen molar-refractivity contribution in [3.8, 4) is 16.9 Å². The molecule has 1 aliphatic rings. The molecule has 0 amide bonds. The van der Waals surface area contributed by atoms with E-state index in [4.69, 9.17) is 4.74 Å². The second-order valence-electron chi connectivity index (χ2n) is 6.78. The van der Waals surface area contributed by atoms with Gasteiger partial charge in [0.25, 0.3) is 0 Å². The zero-order chi connectivity index (χ0) is 14.2. The van der Waals surface area contributed by atoms with E-state index in [1.54, 1.807) is 0 Å². The molecule has 0 aliphatic heterocycles. The van der Waals surface area contributed by atoms with Gasteiger partial charge >= 0.3 is 0 Å². The predicted octanol–water partition coefficient (Wildman–Crippen LogP) is 4.97. The van der Waals surface area contributed by atoms with E-state index in [-0.39, 0.29) is 0 Å². The summed E-state index contributed by atoms with van der Waals surface area (Å²) in [5.74, 6) is 1.08. The van der Waals surface area contributed by atoms with Crippen molar-refractivity contribution in [1.82, 2.24) is 0 Å². The zero-order valence-corrected chi connectivity index (χ0v) is 13.6. The van der Waals surface area contributed by atoms with E-state index in [9.17, 15) is 0 Å². The zero-order valence-electron chi connectivity index (χ0n) is 12.6. The van der Waals surface area contributed by atoms with Crippen LogP contribution in [0.2, 0.25) is 25.7 Å². The van der Waals surface area contributed by atoms with Gasteiger partial charge in [-0.25, -0.2) is 0 Å². The Morgan fingerprint density at radius 2 is 1.70 bits per heavy atom. The molecule has 0 N–H and O–H groups in total. The Bertz CT molecular complexity index is 626. The number of hydrogen-bond acceptors (Lipinski definition) is 1. The van der Waals surface area contributed by atoms with Gasteiger partial charge in [-0.15, -0.1) is 0 Å². The molecule has 2 aromatic carbocycles. The quantitative estimate of drug-likeness (QED) is 0.614. The predicted molar refractivity (Wildman–Crippen MR) is 88.3 cm³/mol. The highest BCUT2D eigenvalue weighted by Gasteiger charge is 2.21. The van der Waals surface area contributed by atoms with Crippen LogP contribution in [0.3, 0.4) is 0 Å². The summed E-state index contributed by atoms with van der Waals surface area (Å²) in [6, 6.07) is 16.3. The lowest BCUT2D eigenvalue weighted by Gasteiger charge is -2.17. The number of ether oxygens (including phenoxy) is 1. The fourth-order valence-corrected chi connectivity index (χ4v) is 3.44. The van der Waals surface area contributed by atoms with Crippen molar-refractivity contribution in [1.29, 1.82) is 0 Å². The van der Waals surface area contributed by atoms with Crippen molar-refractivity contribution >= 4 is 8.07 Å². The lowest BCUT2D eigenvalue weighted by atomic mass is 10.1. The lowest BCUT2D eigenvalue weighted by molar-refractivity contribution is 0.335. The summed E-state index contributed by atoms with van der Waals surface area (Å²) in [6.45, 7) is 8.02. The maximum absolute atomic E-state index is 6.09. The Hall–Kier alpha value is -1.54. The summed E-state index contributed by atoms with van der Waals surface area (Å²) in [4.78, 5) is 0. The third-order valence-corrected chi connectivity index (χ3v) is 5.62. The van der Waals surface area contributed by atoms with Crippen molar-refractivity contribution in [3.05, 3.63) is 53.6 Å². The highest BCUT2D eigenvalue weighted by atomic mass is 28.3. The van der Waals surface area contributed by atoms with Crippen LogP contribution in [0.15, 0.2) is 42.5 Å². The molecule has 104 valence electrons. The van der Waals surface area contributed by atoms with Gasteiger partial charge in [0.05, 0.1) is 6.61 Å². The molecule has 1 nitrogen and oxygen atoms in total. The maximum atomic E-state index is 6.09. The second-order valence-corrected chi connectivity index (χ2v) is 12.4. The summed E-state index contributed by atoms with van der Waals surface area (Å²) in [7, 11) is -1.03. The van der Waals surface area contributed by atoms with Gasteiger partial charge in [0.2, 0.25) is 0 Å². The van der Waals surface area contributed by atoms with E-state index in [1.807, 2.05) is 0 Å². The van der Waals surface area contributed by atoms with Crippen LogP contribution in [0.1, 0.15) is 11.1 Å².